The number of nitrogens with one attached hydrogen (secondary N) is 1. The van der Waals surface area contributed by atoms with Gasteiger partial charge in [0.15, 0.2) is 5.75 Å². The fourth-order valence-corrected chi connectivity index (χ4v) is 1.71. The van der Waals surface area contributed by atoms with Crippen LogP contribution in [0.2, 0.25) is 0 Å². The van der Waals surface area contributed by atoms with Crippen LogP contribution >= 0.6 is 0 Å². The van der Waals surface area contributed by atoms with Gasteiger partial charge in [-0.2, -0.15) is 5.26 Å². The van der Waals surface area contributed by atoms with Crippen LogP contribution in [0, 0.1) is 28.4 Å². The average molecular weight is 263 g/mol. The Morgan fingerprint density at radius 3 is 2.89 bits per heavy atom. The Morgan fingerprint density at radius 1 is 1.58 bits per heavy atom. The topological polar surface area (TPSA) is 88.2 Å². The first kappa shape index (κ1) is 14.9. The van der Waals surface area contributed by atoms with Crippen LogP contribution in [-0.4, -0.2) is 24.1 Å². The van der Waals surface area contributed by atoms with Gasteiger partial charge in [0.05, 0.1) is 23.6 Å². The molecular formula is C13H17N3O3. The first-order valence-corrected chi connectivity index (χ1v) is 6.10. The number of rotatable bonds is 7. The number of nitro benzene ring substituents is 1. The third-order valence-electron chi connectivity index (χ3n) is 2.65. The summed E-state index contributed by atoms with van der Waals surface area (Å²) >= 11 is 0. The van der Waals surface area contributed by atoms with Crippen molar-refractivity contribution in [1.29, 1.82) is 5.26 Å². The van der Waals surface area contributed by atoms with Crippen molar-refractivity contribution >= 4 is 5.69 Å². The van der Waals surface area contributed by atoms with Gasteiger partial charge in [0.1, 0.15) is 0 Å². The number of hydrogen-bond donors (Lipinski definition) is 1. The normalized spacial score (nSPS) is 11.6. The lowest BCUT2D eigenvalue weighted by molar-refractivity contribution is -0.385. The van der Waals surface area contributed by atoms with Crippen LogP contribution in [0.1, 0.15) is 18.9 Å². The van der Waals surface area contributed by atoms with Gasteiger partial charge in [0.25, 0.3) is 0 Å². The zero-order valence-electron chi connectivity index (χ0n) is 11.0. The summed E-state index contributed by atoms with van der Waals surface area (Å²) in [5, 5.41) is 22.8. The van der Waals surface area contributed by atoms with E-state index in [1.165, 1.54) is 6.07 Å². The van der Waals surface area contributed by atoms with E-state index in [1.54, 1.807) is 19.1 Å². The van der Waals surface area contributed by atoms with Crippen molar-refractivity contribution in [1.82, 2.24) is 5.32 Å². The summed E-state index contributed by atoms with van der Waals surface area (Å²) in [7, 11) is 0. The molecule has 0 amide bonds. The van der Waals surface area contributed by atoms with Crippen molar-refractivity contribution in [3.05, 3.63) is 33.9 Å². The Hall–Kier alpha value is -2.13. The van der Waals surface area contributed by atoms with Crippen molar-refractivity contribution in [3.63, 3.8) is 0 Å². The second-order valence-electron chi connectivity index (χ2n) is 4.06. The van der Waals surface area contributed by atoms with Gasteiger partial charge in [0.2, 0.25) is 0 Å². The van der Waals surface area contributed by atoms with Crippen molar-refractivity contribution in [2.24, 2.45) is 0 Å². The molecule has 6 heteroatoms. The second-order valence-corrected chi connectivity index (χ2v) is 4.06. The van der Waals surface area contributed by atoms with Crippen LogP contribution in [0.4, 0.5) is 5.69 Å². The quantitative estimate of drug-likeness (QED) is 0.601. The maximum Gasteiger partial charge on any atom is 0.311 e. The standard InChI is InChI=1S/C13H17N3O3/c1-3-15-11(9-14)7-8-19-13-10(2)5-4-6-12(13)16(17)18/h4-6,11,15H,3,7-8H2,1-2H3. The number of hydrogen-bond acceptors (Lipinski definition) is 5. The number of ether oxygens (including phenoxy) is 1. The highest BCUT2D eigenvalue weighted by Crippen LogP contribution is 2.30. The molecule has 1 N–H and O–H groups in total. The molecule has 0 heterocycles. The summed E-state index contributed by atoms with van der Waals surface area (Å²) in [6.07, 6.45) is 0.482. The molecule has 0 aliphatic carbocycles. The minimum absolute atomic E-state index is 0.0445. The Balaban J connectivity index is 2.68. The molecule has 0 saturated heterocycles. The summed E-state index contributed by atoms with van der Waals surface area (Å²) in [5.41, 5.74) is 0.670. The Morgan fingerprint density at radius 2 is 2.32 bits per heavy atom. The minimum Gasteiger partial charge on any atom is -0.487 e. The molecule has 102 valence electrons. The Kier molecular flexibility index (Phi) is 5.76. The molecule has 6 nitrogen and oxygen atoms in total. The molecule has 0 aliphatic heterocycles. The van der Waals surface area contributed by atoms with E-state index in [4.69, 9.17) is 10.00 Å². The average Bonchev–Trinajstić information content (AvgIpc) is 2.39. The molecule has 1 rings (SSSR count). The van der Waals surface area contributed by atoms with Gasteiger partial charge in [-0.3, -0.25) is 10.1 Å². The van der Waals surface area contributed by atoms with E-state index in [0.717, 1.165) is 0 Å². The Bertz CT molecular complexity index is 483. The van der Waals surface area contributed by atoms with Crippen molar-refractivity contribution in [2.45, 2.75) is 26.3 Å². The number of nitriles is 1. The van der Waals surface area contributed by atoms with Gasteiger partial charge in [-0.15, -0.1) is 0 Å². The smallest absolute Gasteiger partial charge is 0.311 e. The number of aryl methyl sites for hydroxylation is 1. The van der Waals surface area contributed by atoms with Gasteiger partial charge in [-0.1, -0.05) is 19.1 Å². The third-order valence-corrected chi connectivity index (χ3v) is 2.65. The van der Waals surface area contributed by atoms with Crippen molar-refractivity contribution in [3.8, 4) is 11.8 Å². The number of nitro groups is 1. The fourth-order valence-electron chi connectivity index (χ4n) is 1.71. The van der Waals surface area contributed by atoms with E-state index in [0.29, 0.717) is 18.5 Å². The molecular weight excluding hydrogens is 246 g/mol. The minimum atomic E-state index is -0.464. The van der Waals surface area contributed by atoms with E-state index >= 15 is 0 Å². The molecule has 0 saturated carbocycles. The van der Waals surface area contributed by atoms with Crippen LogP contribution in [0.3, 0.4) is 0 Å². The molecule has 0 aromatic heterocycles. The summed E-state index contributed by atoms with van der Waals surface area (Å²) in [6.45, 7) is 4.63. The van der Waals surface area contributed by atoms with Crippen molar-refractivity contribution < 1.29 is 9.66 Å². The van der Waals surface area contributed by atoms with Gasteiger partial charge in [-0.25, -0.2) is 0 Å². The summed E-state index contributed by atoms with van der Waals surface area (Å²) in [6, 6.07) is 6.61. The van der Waals surface area contributed by atoms with E-state index in [-0.39, 0.29) is 24.1 Å². The van der Waals surface area contributed by atoms with Gasteiger partial charge >= 0.3 is 5.69 Å². The summed E-state index contributed by atoms with van der Waals surface area (Å²) in [4.78, 5) is 10.4. The van der Waals surface area contributed by atoms with Gasteiger partial charge < -0.3 is 10.1 Å². The third kappa shape index (κ3) is 4.23. The molecule has 19 heavy (non-hydrogen) atoms. The van der Waals surface area contributed by atoms with E-state index < -0.39 is 4.92 Å². The van der Waals surface area contributed by atoms with Crippen molar-refractivity contribution in [2.75, 3.05) is 13.2 Å². The van der Waals surface area contributed by atoms with E-state index in [1.807, 2.05) is 6.92 Å². The number of para-hydroxylation sites is 1. The zero-order chi connectivity index (χ0) is 14.3. The second kappa shape index (κ2) is 7.34. The Labute approximate surface area is 112 Å². The van der Waals surface area contributed by atoms with Crippen LogP contribution in [0.25, 0.3) is 0 Å². The van der Waals surface area contributed by atoms with Crippen LogP contribution in [0.5, 0.6) is 5.75 Å². The maximum absolute atomic E-state index is 10.9. The first-order chi connectivity index (χ1) is 9.10. The first-order valence-electron chi connectivity index (χ1n) is 6.10. The SMILES string of the molecule is CCNC(C#N)CCOc1c(C)cccc1[N+](=O)[O-]. The highest BCUT2D eigenvalue weighted by molar-refractivity contribution is 5.51. The lowest BCUT2D eigenvalue weighted by atomic mass is 10.2. The molecule has 0 spiro atoms. The lowest BCUT2D eigenvalue weighted by Gasteiger charge is -2.12. The largest absolute Gasteiger partial charge is 0.487 e. The van der Waals surface area contributed by atoms with Crippen LogP contribution in [0.15, 0.2) is 18.2 Å². The molecule has 0 aliphatic rings. The molecule has 1 unspecified atom stereocenters. The molecule has 0 fully saturated rings. The monoisotopic (exact) mass is 263 g/mol. The lowest BCUT2D eigenvalue weighted by Crippen LogP contribution is -2.28. The van der Waals surface area contributed by atoms with Crippen LogP contribution < -0.4 is 10.1 Å². The molecule has 1 aromatic rings. The molecule has 1 atom stereocenters. The van der Waals surface area contributed by atoms with E-state index in [2.05, 4.69) is 11.4 Å². The maximum atomic E-state index is 10.9. The highest BCUT2D eigenvalue weighted by Gasteiger charge is 2.17. The highest BCUT2D eigenvalue weighted by atomic mass is 16.6. The van der Waals surface area contributed by atoms with Gasteiger partial charge in [-0.05, 0) is 19.0 Å². The van der Waals surface area contributed by atoms with E-state index in [9.17, 15) is 10.1 Å². The fraction of sp³-hybridized carbons (Fsp3) is 0.462. The summed E-state index contributed by atoms with van der Waals surface area (Å²) < 4.78 is 5.48. The van der Waals surface area contributed by atoms with Gasteiger partial charge in [0, 0.05) is 12.5 Å². The zero-order valence-corrected chi connectivity index (χ0v) is 11.0. The van der Waals surface area contributed by atoms with Crippen LogP contribution in [-0.2, 0) is 0 Å². The molecule has 0 radical (unpaired) electrons. The number of nitrogens with zero attached hydrogens (tertiary/aromatic N) is 2. The predicted octanol–water partition coefficient (Wildman–Crippen LogP) is 2.17. The number of benzene rings is 1. The molecule has 1 aromatic carbocycles. The summed E-state index contributed by atoms with van der Waals surface area (Å²) in [5.74, 6) is 0.278. The molecule has 0 bridgehead atoms. The predicted molar refractivity (Wildman–Crippen MR) is 71.0 cm³/mol.